The fraction of sp³-hybridized carbons (Fsp3) is 0.636. The van der Waals surface area contributed by atoms with Crippen LogP contribution in [0.25, 0.3) is 0 Å². The van der Waals surface area contributed by atoms with Gasteiger partial charge in [0.25, 0.3) is 0 Å². The quantitative estimate of drug-likeness (QED) is 0.332. The van der Waals surface area contributed by atoms with Crippen molar-refractivity contribution in [2.45, 2.75) is 89.8 Å². The van der Waals surface area contributed by atoms with Gasteiger partial charge in [-0.05, 0) is 37.8 Å². The standard InChI is InChI=1S/C22H34O5/c1-2-3-4-5-6-7-8-12-15-19(16-17-20(23)21(24)25)27-22(26)18-13-10-9-11-14-18/h9-11,13-14,19-20,23H,2-8,12,15-17H2,1H3,(H,24,25)/t19?,20-/m0/s1. The molecule has 0 amide bonds. The van der Waals surface area contributed by atoms with Gasteiger partial charge in [0.2, 0.25) is 0 Å². The molecule has 0 saturated heterocycles. The van der Waals surface area contributed by atoms with Crippen molar-refractivity contribution in [2.75, 3.05) is 0 Å². The second-order valence-corrected chi connectivity index (χ2v) is 7.09. The Balaban J connectivity index is 2.40. The number of aliphatic carboxylic acids is 1. The molecule has 0 saturated carbocycles. The molecule has 0 aromatic heterocycles. The highest BCUT2D eigenvalue weighted by molar-refractivity contribution is 5.89. The van der Waals surface area contributed by atoms with E-state index in [2.05, 4.69) is 6.92 Å². The summed E-state index contributed by atoms with van der Waals surface area (Å²) in [4.78, 5) is 23.1. The molecule has 0 aliphatic rings. The number of carbonyl (C=O) groups is 2. The van der Waals surface area contributed by atoms with Gasteiger partial charge >= 0.3 is 11.9 Å². The highest BCUT2D eigenvalue weighted by Crippen LogP contribution is 2.17. The lowest BCUT2D eigenvalue weighted by Gasteiger charge is -2.19. The second kappa shape index (κ2) is 14.2. The van der Waals surface area contributed by atoms with Gasteiger partial charge in [0.05, 0.1) is 5.56 Å². The Morgan fingerprint density at radius 2 is 1.48 bits per heavy atom. The van der Waals surface area contributed by atoms with Crippen LogP contribution in [0.3, 0.4) is 0 Å². The summed E-state index contributed by atoms with van der Waals surface area (Å²) in [7, 11) is 0. The van der Waals surface area contributed by atoms with Crippen LogP contribution in [-0.4, -0.2) is 34.4 Å². The number of rotatable bonds is 15. The highest BCUT2D eigenvalue weighted by atomic mass is 16.5. The smallest absolute Gasteiger partial charge is 0.338 e. The summed E-state index contributed by atoms with van der Waals surface area (Å²) in [5.41, 5.74) is 0.484. The summed E-state index contributed by atoms with van der Waals surface area (Å²) in [6, 6.07) is 8.78. The van der Waals surface area contributed by atoms with E-state index in [9.17, 15) is 14.7 Å². The average molecular weight is 379 g/mol. The first-order valence-electron chi connectivity index (χ1n) is 10.2. The molecular formula is C22H34O5. The number of aliphatic hydroxyl groups excluding tert-OH is 1. The normalized spacial score (nSPS) is 13.1. The maximum atomic E-state index is 12.3. The lowest BCUT2D eigenvalue weighted by atomic mass is 10.0. The maximum Gasteiger partial charge on any atom is 0.338 e. The Bertz CT molecular complexity index is 529. The zero-order valence-electron chi connectivity index (χ0n) is 16.4. The third-order valence-corrected chi connectivity index (χ3v) is 4.71. The van der Waals surface area contributed by atoms with E-state index in [0.717, 1.165) is 12.8 Å². The minimum absolute atomic E-state index is 0.0824. The number of aliphatic hydroxyl groups is 1. The Hall–Kier alpha value is -1.88. The molecule has 5 nitrogen and oxygen atoms in total. The number of unbranched alkanes of at least 4 members (excludes halogenated alkanes) is 7. The van der Waals surface area contributed by atoms with Crippen LogP contribution in [0.4, 0.5) is 0 Å². The fourth-order valence-electron chi connectivity index (χ4n) is 3.03. The molecule has 0 heterocycles. The Morgan fingerprint density at radius 3 is 2.07 bits per heavy atom. The molecular weight excluding hydrogens is 344 g/mol. The Morgan fingerprint density at radius 1 is 0.889 bits per heavy atom. The molecule has 0 aliphatic heterocycles. The van der Waals surface area contributed by atoms with E-state index < -0.39 is 18.0 Å². The number of esters is 1. The fourth-order valence-corrected chi connectivity index (χ4v) is 3.03. The second-order valence-electron chi connectivity index (χ2n) is 7.09. The monoisotopic (exact) mass is 378 g/mol. The topological polar surface area (TPSA) is 83.8 Å². The van der Waals surface area contributed by atoms with E-state index in [1.54, 1.807) is 24.3 Å². The van der Waals surface area contributed by atoms with E-state index in [4.69, 9.17) is 9.84 Å². The van der Waals surface area contributed by atoms with E-state index in [1.807, 2.05) is 6.07 Å². The van der Waals surface area contributed by atoms with Crippen molar-refractivity contribution in [3.8, 4) is 0 Å². The van der Waals surface area contributed by atoms with Crippen LogP contribution in [0.15, 0.2) is 30.3 Å². The zero-order chi connectivity index (χ0) is 19.9. The molecule has 0 aliphatic carbocycles. The summed E-state index contributed by atoms with van der Waals surface area (Å²) >= 11 is 0. The summed E-state index contributed by atoms with van der Waals surface area (Å²) in [6.45, 7) is 2.21. The van der Waals surface area contributed by atoms with Gasteiger partial charge in [-0.3, -0.25) is 0 Å². The van der Waals surface area contributed by atoms with Crippen molar-refractivity contribution >= 4 is 11.9 Å². The predicted octanol–water partition coefficient (Wildman–Crippen LogP) is 4.97. The molecule has 0 bridgehead atoms. The first kappa shape index (κ1) is 23.2. The van der Waals surface area contributed by atoms with Gasteiger partial charge in [-0.2, -0.15) is 0 Å². The summed E-state index contributed by atoms with van der Waals surface area (Å²) in [6.07, 6.45) is 8.85. The molecule has 1 aromatic carbocycles. The van der Waals surface area contributed by atoms with E-state index in [1.165, 1.54) is 38.5 Å². The summed E-state index contributed by atoms with van der Waals surface area (Å²) in [5.74, 6) is -1.64. The third-order valence-electron chi connectivity index (χ3n) is 4.71. The van der Waals surface area contributed by atoms with Gasteiger partial charge in [-0.1, -0.05) is 70.1 Å². The lowest BCUT2D eigenvalue weighted by molar-refractivity contribution is -0.147. The molecule has 2 atom stereocenters. The third kappa shape index (κ3) is 10.8. The van der Waals surface area contributed by atoms with Crippen LogP contribution in [0.5, 0.6) is 0 Å². The molecule has 1 aromatic rings. The summed E-state index contributed by atoms with van der Waals surface area (Å²) < 4.78 is 5.58. The van der Waals surface area contributed by atoms with E-state index >= 15 is 0 Å². The van der Waals surface area contributed by atoms with Gasteiger partial charge in [-0.15, -0.1) is 0 Å². The number of carbonyl (C=O) groups excluding carboxylic acids is 1. The van der Waals surface area contributed by atoms with Gasteiger partial charge < -0.3 is 14.9 Å². The van der Waals surface area contributed by atoms with Crippen LogP contribution in [0, 0.1) is 0 Å². The van der Waals surface area contributed by atoms with Crippen molar-refractivity contribution in [1.82, 2.24) is 0 Å². The maximum absolute atomic E-state index is 12.3. The predicted molar refractivity (Wildman–Crippen MR) is 106 cm³/mol. The highest BCUT2D eigenvalue weighted by Gasteiger charge is 2.20. The molecule has 152 valence electrons. The first-order chi connectivity index (χ1) is 13.0. The van der Waals surface area contributed by atoms with Gasteiger partial charge in [0.1, 0.15) is 6.10 Å². The van der Waals surface area contributed by atoms with Crippen LogP contribution in [-0.2, 0) is 9.53 Å². The minimum atomic E-state index is -1.42. The minimum Gasteiger partial charge on any atom is -0.479 e. The molecule has 0 fully saturated rings. The van der Waals surface area contributed by atoms with Crippen LogP contribution in [0.2, 0.25) is 0 Å². The van der Waals surface area contributed by atoms with Crippen molar-refractivity contribution < 1.29 is 24.5 Å². The molecule has 1 unspecified atom stereocenters. The molecule has 0 spiro atoms. The number of hydrogen-bond donors (Lipinski definition) is 2. The number of carboxylic acids is 1. The molecule has 27 heavy (non-hydrogen) atoms. The molecule has 5 heteroatoms. The van der Waals surface area contributed by atoms with Crippen molar-refractivity contribution in [2.24, 2.45) is 0 Å². The van der Waals surface area contributed by atoms with E-state index in [0.29, 0.717) is 18.4 Å². The number of carboxylic acid groups (broad SMARTS) is 1. The van der Waals surface area contributed by atoms with Crippen LogP contribution in [0.1, 0.15) is 87.9 Å². The van der Waals surface area contributed by atoms with Gasteiger partial charge in [0.15, 0.2) is 6.10 Å². The molecule has 1 rings (SSSR count). The first-order valence-corrected chi connectivity index (χ1v) is 10.2. The average Bonchev–Trinajstić information content (AvgIpc) is 2.68. The molecule has 0 radical (unpaired) electrons. The van der Waals surface area contributed by atoms with Crippen molar-refractivity contribution in [1.29, 1.82) is 0 Å². The summed E-state index contributed by atoms with van der Waals surface area (Å²) in [5, 5.41) is 18.3. The number of ether oxygens (including phenoxy) is 1. The lowest BCUT2D eigenvalue weighted by Crippen LogP contribution is -2.24. The van der Waals surface area contributed by atoms with E-state index in [-0.39, 0.29) is 12.5 Å². The SMILES string of the molecule is CCCCCCCCCCC(CC[C@H](O)C(=O)O)OC(=O)c1ccccc1. The van der Waals surface area contributed by atoms with Crippen molar-refractivity contribution in [3.63, 3.8) is 0 Å². The van der Waals surface area contributed by atoms with Gasteiger partial charge in [0, 0.05) is 0 Å². The Labute approximate surface area is 162 Å². The largest absolute Gasteiger partial charge is 0.479 e. The Kier molecular flexibility index (Phi) is 12.2. The number of hydrogen-bond acceptors (Lipinski definition) is 4. The van der Waals surface area contributed by atoms with Crippen molar-refractivity contribution in [3.05, 3.63) is 35.9 Å². The van der Waals surface area contributed by atoms with Crippen LogP contribution >= 0.6 is 0 Å². The van der Waals surface area contributed by atoms with Gasteiger partial charge in [-0.25, -0.2) is 9.59 Å². The number of benzene rings is 1. The van der Waals surface area contributed by atoms with Crippen LogP contribution < -0.4 is 0 Å². The molecule has 2 N–H and O–H groups in total. The zero-order valence-corrected chi connectivity index (χ0v) is 16.4.